The number of ketones is 3. The number of ether oxygens (including phenoxy) is 3. The van der Waals surface area contributed by atoms with E-state index in [9.17, 15) is 14.4 Å². The number of rotatable bonds is 14. The Hall–Kier alpha value is -1.63. The van der Waals surface area contributed by atoms with Crippen LogP contribution >= 0.6 is 0 Å². The summed E-state index contributed by atoms with van der Waals surface area (Å²) >= 11 is 0. The molecule has 21 heavy (non-hydrogen) atoms. The maximum Gasteiger partial charge on any atom is 0.180 e. The minimum Gasteiger partial charge on any atom is -0.371 e. The summed E-state index contributed by atoms with van der Waals surface area (Å²) in [5, 5.41) is 0. The van der Waals surface area contributed by atoms with Crippen molar-refractivity contribution in [2.24, 2.45) is 0 Å². The van der Waals surface area contributed by atoms with Crippen LogP contribution in [-0.2, 0) is 28.6 Å². The summed E-state index contributed by atoms with van der Waals surface area (Å²) in [6, 6.07) is 0. The first-order valence-electron chi connectivity index (χ1n) is 6.62. The van der Waals surface area contributed by atoms with Crippen molar-refractivity contribution in [3.05, 3.63) is 25.3 Å². The Balaban J connectivity index is 4.15. The number of hydrogen-bond donors (Lipinski definition) is 0. The highest BCUT2D eigenvalue weighted by molar-refractivity contribution is 5.90. The van der Waals surface area contributed by atoms with Crippen molar-refractivity contribution in [1.29, 1.82) is 0 Å². The van der Waals surface area contributed by atoms with Gasteiger partial charge in [-0.05, 0) is 12.2 Å². The standard InChI is InChI=1S/C15H22O6/c1-4-12(16)7-19-10-15(21-9-14(18)6-3)11-20-8-13(17)5-2/h4,6,15H,1,3,5,7-11H2,2H3. The first-order chi connectivity index (χ1) is 10.0. The average molecular weight is 298 g/mol. The molecule has 0 spiro atoms. The molecule has 0 heterocycles. The Morgan fingerprint density at radius 1 is 0.952 bits per heavy atom. The zero-order chi connectivity index (χ0) is 16.1. The molecule has 118 valence electrons. The van der Waals surface area contributed by atoms with Crippen molar-refractivity contribution in [3.63, 3.8) is 0 Å². The molecule has 0 amide bonds. The minimum absolute atomic E-state index is 0.0165. The normalized spacial score (nSPS) is 11.7. The van der Waals surface area contributed by atoms with Gasteiger partial charge in [0.1, 0.15) is 25.9 Å². The fourth-order valence-corrected chi connectivity index (χ4v) is 1.16. The third-order valence-electron chi connectivity index (χ3n) is 2.43. The smallest absolute Gasteiger partial charge is 0.180 e. The van der Waals surface area contributed by atoms with Gasteiger partial charge < -0.3 is 14.2 Å². The third-order valence-corrected chi connectivity index (χ3v) is 2.43. The number of Topliss-reactive ketones (excluding diaryl/α,β-unsaturated/α-hetero) is 1. The van der Waals surface area contributed by atoms with E-state index in [2.05, 4.69) is 13.2 Å². The van der Waals surface area contributed by atoms with Crippen molar-refractivity contribution < 1.29 is 28.6 Å². The quantitative estimate of drug-likeness (QED) is 0.443. The number of carbonyl (C=O) groups excluding carboxylic acids is 3. The molecule has 0 radical (unpaired) electrons. The van der Waals surface area contributed by atoms with Crippen molar-refractivity contribution in [3.8, 4) is 0 Å². The van der Waals surface area contributed by atoms with Gasteiger partial charge in [-0.2, -0.15) is 0 Å². The highest BCUT2D eigenvalue weighted by Crippen LogP contribution is 1.98. The van der Waals surface area contributed by atoms with Gasteiger partial charge in [-0.3, -0.25) is 14.4 Å². The van der Waals surface area contributed by atoms with E-state index in [0.29, 0.717) is 6.42 Å². The van der Waals surface area contributed by atoms with E-state index < -0.39 is 6.10 Å². The molecule has 0 saturated carbocycles. The lowest BCUT2D eigenvalue weighted by molar-refractivity contribution is -0.132. The molecule has 0 saturated heterocycles. The summed E-state index contributed by atoms with van der Waals surface area (Å²) in [4.78, 5) is 33.3. The average Bonchev–Trinajstić information content (AvgIpc) is 2.50. The molecular weight excluding hydrogens is 276 g/mol. The monoisotopic (exact) mass is 298 g/mol. The predicted molar refractivity (Wildman–Crippen MR) is 77.1 cm³/mol. The van der Waals surface area contributed by atoms with Crippen molar-refractivity contribution in [2.45, 2.75) is 19.4 Å². The van der Waals surface area contributed by atoms with E-state index in [-0.39, 0.29) is 50.4 Å². The van der Waals surface area contributed by atoms with Gasteiger partial charge in [-0.1, -0.05) is 20.1 Å². The van der Waals surface area contributed by atoms with Gasteiger partial charge in [-0.25, -0.2) is 0 Å². The minimum atomic E-state index is -0.545. The lowest BCUT2D eigenvalue weighted by Gasteiger charge is -2.17. The second kappa shape index (κ2) is 12.1. The van der Waals surface area contributed by atoms with Crippen LogP contribution in [0.25, 0.3) is 0 Å². The SMILES string of the molecule is C=CC(=O)COCC(COCC(=O)CC)OCC(=O)C=C. The molecule has 6 nitrogen and oxygen atoms in total. The predicted octanol–water partition coefficient (Wildman–Crippen LogP) is 0.894. The topological polar surface area (TPSA) is 78.9 Å². The van der Waals surface area contributed by atoms with Gasteiger partial charge in [0.05, 0.1) is 13.2 Å². The van der Waals surface area contributed by atoms with Gasteiger partial charge in [0.15, 0.2) is 17.3 Å². The Morgan fingerprint density at radius 3 is 2.00 bits per heavy atom. The molecule has 0 aliphatic heterocycles. The van der Waals surface area contributed by atoms with Gasteiger partial charge in [0.25, 0.3) is 0 Å². The summed E-state index contributed by atoms with van der Waals surface area (Å²) in [5.74, 6) is -0.552. The van der Waals surface area contributed by atoms with Crippen LogP contribution in [0.3, 0.4) is 0 Å². The summed E-state index contributed by atoms with van der Waals surface area (Å²) < 4.78 is 15.7. The molecule has 6 heteroatoms. The van der Waals surface area contributed by atoms with E-state index in [1.807, 2.05) is 0 Å². The lowest BCUT2D eigenvalue weighted by atomic mass is 10.3. The molecule has 0 aliphatic rings. The summed E-state index contributed by atoms with van der Waals surface area (Å²) in [7, 11) is 0. The van der Waals surface area contributed by atoms with E-state index in [4.69, 9.17) is 14.2 Å². The summed E-state index contributed by atoms with van der Waals surface area (Å²) in [5.41, 5.74) is 0. The third kappa shape index (κ3) is 10.8. The lowest BCUT2D eigenvalue weighted by Crippen LogP contribution is -2.29. The van der Waals surface area contributed by atoms with Crippen LogP contribution in [0, 0.1) is 0 Å². The highest BCUT2D eigenvalue weighted by atomic mass is 16.6. The largest absolute Gasteiger partial charge is 0.371 e. The molecule has 0 fully saturated rings. The van der Waals surface area contributed by atoms with Crippen LogP contribution in [0.1, 0.15) is 13.3 Å². The van der Waals surface area contributed by atoms with Crippen LogP contribution in [0.5, 0.6) is 0 Å². The first-order valence-corrected chi connectivity index (χ1v) is 6.62. The van der Waals surface area contributed by atoms with Crippen LogP contribution < -0.4 is 0 Å². The second-order valence-corrected chi connectivity index (χ2v) is 4.20. The zero-order valence-electron chi connectivity index (χ0n) is 12.3. The van der Waals surface area contributed by atoms with E-state index in [1.54, 1.807) is 6.92 Å². The summed E-state index contributed by atoms with van der Waals surface area (Å²) in [6.07, 6.45) is 2.16. The highest BCUT2D eigenvalue weighted by Gasteiger charge is 2.13. The van der Waals surface area contributed by atoms with E-state index in [0.717, 1.165) is 12.2 Å². The number of hydrogen-bond acceptors (Lipinski definition) is 6. The zero-order valence-corrected chi connectivity index (χ0v) is 12.3. The maximum absolute atomic E-state index is 11.1. The van der Waals surface area contributed by atoms with Gasteiger partial charge in [0.2, 0.25) is 0 Å². The van der Waals surface area contributed by atoms with Crippen LogP contribution in [0.2, 0.25) is 0 Å². The summed E-state index contributed by atoms with van der Waals surface area (Å²) in [6.45, 7) is 8.29. The first kappa shape index (κ1) is 19.4. The molecule has 1 unspecified atom stereocenters. The van der Waals surface area contributed by atoms with Gasteiger partial charge in [0, 0.05) is 6.42 Å². The molecular formula is C15H22O6. The Kier molecular flexibility index (Phi) is 11.2. The molecule has 0 aromatic carbocycles. The fraction of sp³-hybridized carbons (Fsp3) is 0.533. The van der Waals surface area contributed by atoms with E-state index >= 15 is 0 Å². The van der Waals surface area contributed by atoms with Crippen molar-refractivity contribution >= 4 is 17.3 Å². The Labute approximate surface area is 124 Å². The maximum atomic E-state index is 11.1. The molecule has 0 aromatic heterocycles. The number of carbonyl (C=O) groups is 3. The molecule has 0 aliphatic carbocycles. The molecule has 0 rings (SSSR count). The van der Waals surface area contributed by atoms with Gasteiger partial charge in [-0.15, -0.1) is 0 Å². The second-order valence-electron chi connectivity index (χ2n) is 4.20. The molecule has 0 N–H and O–H groups in total. The van der Waals surface area contributed by atoms with Crippen LogP contribution in [0.15, 0.2) is 25.3 Å². The fourth-order valence-electron chi connectivity index (χ4n) is 1.16. The van der Waals surface area contributed by atoms with Gasteiger partial charge >= 0.3 is 0 Å². The van der Waals surface area contributed by atoms with Crippen LogP contribution in [0.4, 0.5) is 0 Å². The molecule has 0 aromatic rings. The molecule has 0 bridgehead atoms. The molecule has 1 atom stereocenters. The van der Waals surface area contributed by atoms with Crippen molar-refractivity contribution in [2.75, 3.05) is 33.0 Å². The van der Waals surface area contributed by atoms with E-state index in [1.165, 1.54) is 0 Å². The Bertz CT molecular complexity index is 374. The van der Waals surface area contributed by atoms with Crippen molar-refractivity contribution in [1.82, 2.24) is 0 Å². The Morgan fingerprint density at radius 2 is 1.48 bits per heavy atom. The van der Waals surface area contributed by atoms with Crippen LogP contribution in [-0.4, -0.2) is 56.5 Å².